The van der Waals surface area contributed by atoms with Crippen LogP contribution in [-0.4, -0.2) is 35.1 Å². The number of H-pyrrole nitrogens is 2. The number of hydrogen-bond acceptors (Lipinski definition) is 6. The summed E-state index contributed by atoms with van der Waals surface area (Å²) in [6.07, 6.45) is 5.16. The number of imidazole rings is 1. The van der Waals surface area contributed by atoms with Crippen LogP contribution in [-0.2, 0) is 0 Å². The van der Waals surface area contributed by atoms with Gasteiger partial charge >= 0.3 is 0 Å². The zero-order chi connectivity index (χ0) is 25.5. The largest absolute Gasteiger partial charge is 0.358 e. The number of halogens is 1. The minimum absolute atomic E-state index is 0.295. The second-order valence-electron chi connectivity index (χ2n) is 9.05. The lowest BCUT2D eigenvalue weighted by molar-refractivity contribution is 0.631. The van der Waals surface area contributed by atoms with Crippen molar-refractivity contribution in [2.45, 2.75) is 13.8 Å². The Morgan fingerprint density at radius 2 is 1.86 bits per heavy atom. The van der Waals surface area contributed by atoms with Gasteiger partial charge in [-0.15, -0.1) is 0 Å². The van der Waals surface area contributed by atoms with E-state index in [4.69, 9.17) is 9.97 Å². The molecule has 0 spiro atoms. The van der Waals surface area contributed by atoms with E-state index in [1.807, 2.05) is 18.2 Å². The van der Waals surface area contributed by atoms with Gasteiger partial charge < -0.3 is 10.3 Å². The first-order valence-corrected chi connectivity index (χ1v) is 11.8. The molecule has 0 aliphatic heterocycles. The van der Waals surface area contributed by atoms with Crippen molar-refractivity contribution in [3.8, 4) is 33.9 Å². The molecule has 5 aromatic heterocycles. The van der Waals surface area contributed by atoms with E-state index in [-0.39, 0.29) is 5.82 Å². The first-order valence-electron chi connectivity index (χ1n) is 11.8. The van der Waals surface area contributed by atoms with Crippen molar-refractivity contribution in [2.24, 2.45) is 5.92 Å². The van der Waals surface area contributed by atoms with Crippen molar-refractivity contribution >= 4 is 27.9 Å². The Morgan fingerprint density at radius 3 is 2.70 bits per heavy atom. The number of hydrogen-bond donors (Lipinski definition) is 3. The van der Waals surface area contributed by atoms with Gasteiger partial charge in [0.2, 0.25) is 0 Å². The second kappa shape index (κ2) is 8.94. The van der Waals surface area contributed by atoms with E-state index >= 15 is 0 Å². The molecule has 0 bridgehead atoms. The van der Waals surface area contributed by atoms with Crippen LogP contribution >= 0.6 is 0 Å². The van der Waals surface area contributed by atoms with Gasteiger partial charge in [0, 0.05) is 34.8 Å². The van der Waals surface area contributed by atoms with E-state index < -0.39 is 0 Å². The van der Waals surface area contributed by atoms with Crippen molar-refractivity contribution in [2.75, 3.05) is 5.32 Å². The fourth-order valence-corrected chi connectivity index (χ4v) is 4.12. The maximum atomic E-state index is 14.5. The maximum Gasteiger partial charge on any atom is 0.162 e. The Hall–Kier alpha value is -4.92. The maximum absolute atomic E-state index is 14.5. The molecule has 6 rings (SSSR count). The number of aromatic amines is 2. The number of anilines is 1. The van der Waals surface area contributed by atoms with Crippen LogP contribution < -0.4 is 5.32 Å². The Bertz CT molecular complexity index is 1780. The lowest BCUT2D eigenvalue weighted by atomic mass is 10.1. The quantitative estimate of drug-likeness (QED) is 0.251. The molecule has 182 valence electrons. The molecule has 3 N–H and O–H groups in total. The van der Waals surface area contributed by atoms with E-state index in [2.05, 4.69) is 50.9 Å². The van der Waals surface area contributed by atoms with Gasteiger partial charge in [-0.05, 0) is 36.2 Å². The molecule has 1 aromatic carbocycles. The lowest BCUT2D eigenvalue weighted by Crippen LogP contribution is -2.04. The van der Waals surface area contributed by atoms with Crippen molar-refractivity contribution in [1.29, 1.82) is 0 Å². The molecule has 0 fully saturated rings. The minimum Gasteiger partial charge on any atom is -0.358 e. The van der Waals surface area contributed by atoms with Gasteiger partial charge in [0.1, 0.15) is 16.9 Å². The molecule has 0 saturated carbocycles. The summed E-state index contributed by atoms with van der Waals surface area (Å²) >= 11 is 0. The third-order valence-corrected chi connectivity index (χ3v) is 6.22. The highest BCUT2D eigenvalue weighted by Gasteiger charge is 2.18. The zero-order valence-electron chi connectivity index (χ0n) is 20.2. The average molecular weight is 491 g/mol. The topological polar surface area (TPSA) is 108 Å². The molecule has 9 heteroatoms. The predicted octanol–water partition coefficient (Wildman–Crippen LogP) is 6.35. The SMILES string of the molecule is C=C(Nc1cncc(-c2ccc3[nH]nc(-c4nc5c(-c6ccccc6F)ccnc5[nH]4)c3n2)c1)C(C)C. The molecule has 0 aliphatic rings. The van der Waals surface area contributed by atoms with Gasteiger partial charge in [0.25, 0.3) is 0 Å². The third-order valence-electron chi connectivity index (χ3n) is 6.22. The molecule has 6 aromatic rings. The van der Waals surface area contributed by atoms with Gasteiger partial charge in [0.15, 0.2) is 17.2 Å². The van der Waals surface area contributed by atoms with Crippen molar-refractivity contribution < 1.29 is 4.39 Å². The fourth-order valence-electron chi connectivity index (χ4n) is 4.12. The number of pyridine rings is 3. The summed E-state index contributed by atoms with van der Waals surface area (Å²) in [6.45, 7) is 8.23. The van der Waals surface area contributed by atoms with Gasteiger partial charge in [-0.2, -0.15) is 5.10 Å². The summed E-state index contributed by atoms with van der Waals surface area (Å²) in [7, 11) is 0. The summed E-state index contributed by atoms with van der Waals surface area (Å²) in [5.41, 5.74) is 7.50. The van der Waals surface area contributed by atoms with E-state index in [0.29, 0.717) is 45.2 Å². The van der Waals surface area contributed by atoms with Crippen LogP contribution in [0.5, 0.6) is 0 Å². The van der Waals surface area contributed by atoms with E-state index in [1.54, 1.807) is 42.9 Å². The third kappa shape index (κ3) is 4.10. The number of allylic oxidation sites excluding steroid dienone is 1. The molecule has 0 atom stereocenters. The second-order valence-corrected chi connectivity index (χ2v) is 9.05. The van der Waals surface area contributed by atoms with Crippen LogP contribution in [0.25, 0.3) is 56.1 Å². The Labute approximate surface area is 211 Å². The number of nitrogens with zero attached hydrogens (tertiary/aromatic N) is 5. The molecule has 8 nitrogen and oxygen atoms in total. The standard InChI is InChI=1S/C28H23FN8/c1-15(2)16(3)32-18-12-17(13-30-14-18)22-8-9-23-25(33-22)26(37-36-23)28-34-24-20(10-11-31-27(24)35-28)19-6-4-5-7-21(19)29/h4-15,32H,3H2,1-2H3,(H,36,37)(H,31,34,35). The number of benzene rings is 1. The molecule has 0 unspecified atom stereocenters. The Kier molecular flexibility index (Phi) is 5.45. The van der Waals surface area contributed by atoms with Crippen LogP contribution in [0.4, 0.5) is 10.1 Å². The van der Waals surface area contributed by atoms with Gasteiger partial charge in [-0.25, -0.2) is 19.3 Å². The molecule has 5 heterocycles. The summed E-state index contributed by atoms with van der Waals surface area (Å²) in [5.74, 6) is 0.464. The zero-order valence-corrected chi connectivity index (χ0v) is 20.2. The highest BCUT2D eigenvalue weighted by atomic mass is 19.1. The summed E-state index contributed by atoms with van der Waals surface area (Å²) < 4.78 is 14.5. The number of rotatable bonds is 6. The smallest absolute Gasteiger partial charge is 0.162 e. The summed E-state index contributed by atoms with van der Waals surface area (Å²) in [5, 5.41) is 10.8. The molecule has 0 aliphatic carbocycles. The molecular weight excluding hydrogens is 467 g/mol. The number of aromatic nitrogens is 7. The molecule has 0 saturated heterocycles. The lowest BCUT2D eigenvalue weighted by Gasteiger charge is -2.13. The van der Waals surface area contributed by atoms with Crippen molar-refractivity contribution in [3.63, 3.8) is 0 Å². The number of nitrogens with one attached hydrogen (secondary N) is 3. The van der Waals surface area contributed by atoms with E-state index in [0.717, 1.165) is 28.2 Å². The van der Waals surface area contributed by atoms with E-state index in [9.17, 15) is 4.39 Å². The molecular formula is C28H23FN8. The average Bonchev–Trinajstić information content (AvgIpc) is 3.53. The van der Waals surface area contributed by atoms with Crippen molar-refractivity contribution in [3.05, 3.63) is 85.2 Å². The highest BCUT2D eigenvalue weighted by molar-refractivity contribution is 5.95. The van der Waals surface area contributed by atoms with E-state index in [1.165, 1.54) is 6.07 Å². The molecule has 37 heavy (non-hydrogen) atoms. The predicted molar refractivity (Wildman–Crippen MR) is 143 cm³/mol. The van der Waals surface area contributed by atoms with Crippen LogP contribution in [0.2, 0.25) is 0 Å². The van der Waals surface area contributed by atoms with Crippen LogP contribution in [0.1, 0.15) is 13.8 Å². The van der Waals surface area contributed by atoms with Crippen molar-refractivity contribution in [1.82, 2.24) is 35.1 Å². The van der Waals surface area contributed by atoms with Gasteiger partial charge in [-0.1, -0.05) is 38.6 Å². The van der Waals surface area contributed by atoms with Gasteiger partial charge in [-0.3, -0.25) is 10.1 Å². The van der Waals surface area contributed by atoms with Crippen LogP contribution in [0.3, 0.4) is 0 Å². The summed E-state index contributed by atoms with van der Waals surface area (Å²) in [6, 6.07) is 14.2. The fraction of sp³-hybridized carbons (Fsp3) is 0.107. The highest BCUT2D eigenvalue weighted by Crippen LogP contribution is 2.32. The number of fused-ring (bicyclic) bond motifs is 2. The summed E-state index contributed by atoms with van der Waals surface area (Å²) in [4.78, 5) is 21.6. The monoisotopic (exact) mass is 490 g/mol. The molecule has 0 amide bonds. The molecule has 0 radical (unpaired) electrons. The Morgan fingerprint density at radius 1 is 1.00 bits per heavy atom. The van der Waals surface area contributed by atoms with Gasteiger partial charge in [0.05, 0.1) is 23.1 Å². The van der Waals surface area contributed by atoms with Crippen LogP contribution in [0.15, 0.2) is 79.4 Å². The normalized spacial score (nSPS) is 11.5. The minimum atomic E-state index is -0.321. The van der Waals surface area contributed by atoms with Crippen LogP contribution in [0, 0.1) is 11.7 Å². The Balaban J connectivity index is 1.42. The first kappa shape index (κ1) is 22.5. The first-order chi connectivity index (χ1) is 18.0.